The lowest BCUT2D eigenvalue weighted by molar-refractivity contribution is -0.174. The van der Waals surface area contributed by atoms with E-state index in [1.165, 1.54) is 0 Å². The predicted octanol–water partition coefficient (Wildman–Crippen LogP) is 3.94. The fourth-order valence-electron chi connectivity index (χ4n) is 5.24. The van der Waals surface area contributed by atoms with Crippen molar-refractivity contribution >= 4 is 5.97 Å². The van der Waals surface area contributed by atoms with Gasteiger partial charge in [-0.1, -0.05) is 12.1 Å². The first-order chi connectivity index (χ1) is 15.5. The fourth-order valence-corrected chi connectivity index (χ4v) is 5.24. The zero-order valence-electron chi connectivity index (χ0n) is 18.8. The van der Waals surface area contributed by atoms with Gasteiger partial charge in [-0.05, 0) is 50.5 Å². The number of likely N-dealkylation sites (tertiary alicyclic amines) is 1. The molecule has 2 aromatic rings. The first-order valence-corrected chi connectivity index (χ1v) is 11.2. The Morgan fingerprint density at radius 1 is 1.09 bits per heavy atom. The van der Waals surface area contributed by atoms with Crippen molar-refractivity contribution in [2.45, 2.75) is 38.3 Å². The molecule has 0 spiro atoms. The third kappa shape index (κ3) is 3.35. The van der Waals surface area contributed by atoms with E-state index in [4.69, 9.17) is 23.7 Å². The topological polar surface area (TPSA) is 66.5 Å². The molecule has 0 saturated carbocycles. The van der Waals surface area contributed by atoms with E-state index in [0.717, 1.165) is 42.8 Å². The highest BCUT2D eigenvalue weighted by Crippen LogP contribution is 2.53. The number of carbonyl (C=O) groups is 1. The lowest BCUT2D eigenvalue weighted by atomic mass is 9.72. The van der Waals surface area contributed by atoms with Gasteiger partial charge in [0.2, 0.25) is 6.79 Å². The normalized spacial score (nSPS) is 26.3. The molecule has 0 bridgehead atoms. The Labute approximate surface area is 188 Å². The Balaban J connectivity index is 1.70. The molecule has 0 N–H and O–H groups in total. The SMILES string of the molecule is CCOC(=O)C1C(c2ccc(OC)cc2)c2cc3c(cc2OC1(C)N1CCCC1)OCO3. The average molecular weight is 440 g/mol. The maximum Gasteiger partial charge on any atom is 0.315 e. The molecule has 2 aromatic carbocycles. The molecule has 7 heteroatoms. The van der Waals surface area contributed by atoms with Gasteiger partial charge in [0.15, 0.2) is 17.2 Å². The highest BCUT2D eigenvalue weighted by molar-refractivity contribution is 5.78. The molecular weight excluding hydrogens is 410 g/mol. The van der Waals surface area contributed by atoms with Crippen LogP contribution in [0.2, 0.25) is 0 Å². The standard InChI is InChI=1S/C25H29NO6/c1-4-29-24(27)23-22(16-7-9-17(28-3)10-8-16)18-13-20-21(31-15-30-20)14-19(18)32-25(23,2)26-11-5-6-12-26/h7-10,13-14,22-23H,4-6,11-12,15H2,1-3H3. The monoisotopic (exact) mass is 439 g/mol. The minimum atomic E-state index is -0.853. The maximum atomic E-state index is 13.5. The molecule has 3 heterocycles. The van der Waals surface area contributed by atoms with Crippen LogP contribution in [-0.2, 0) is 9.53 Å². The summed E-state index contributed by atoms with van der Waals surface area (Å²) in [5, 5.41) is 0. The number of benzene rings is 2. The first kappa shape index (κ1) is 20.9. The van der Waals surface area contributed by atoms with Crippen LogP contribution in [0, 0.1) is 5.92 Å². The largest absolute Gasteiger partial charge is 0.497 e. The molecule has 0 aromatic heterocycles. The van der Waals surface area contributed by atoms with Gasteiger partial charge in [-0.15, -0.1) is 0 Å². The molecule has 7 nitrogen and oxygen atoms in total. The lowest BCUT2D eigenvalue weighted by Gasteiger charge is -2.49. The summed E-state index contributed by atoms with van der Waals surface area (Å²) >= 11 is 0. The van der Waals surface area contributed by atoms with Gasteiger partial charge in [0.1, 0.15) is 17.4 Å². The summed E-state index contributed by atoms with van der Waals surface area (Å²) in [7, 11) is 1.64. The number of esters is 1. The number of carbonyl (C=O) groups excluding carboxylic acids is 1. The Morgan fingerprint density at radius 3 is 2.44 bits per heavy atom. The van der Waals surface area contributed by atoms with Gasteiger partial charge in [-0.2, -0.15) is 0 Å². The molecule has 5 rings (SSSR count). The minimum Gasteiger partial charge on any atom is -0.497 e. The van der Waals surface area contributed by atoms with Crippen molar-refractivity contribution in [2.75, 3.05) is 33.6 Å². The smallest absolute Gasteiger partial charge is 0.315 e. The van der Waals surface area contributed by atoms with E-state index in [1.54, 1.807) is 7.11 Å². The van der Waals surface area contributed by atoms with E-state index in [2.05, 4.69) is 4.90 Å². The highest BCUT2D eigenvalue weighted by atomic mass is 16.7. The van der Waals surface area contributed by atoms with E-state index in [9.17, 15) is 4.79 Å². The van der Waals surface area contributed by atoms with Crippen LogP contribution in [0.15, 0.2) is 36.4 Å². The summed E-state index contributed by atoms with van der Waals surface area (Å²) in [4.78, 5) is 15.8. The van der Waals surface area contributed by atoms with Crippen molar-refractivity contribution in [3.63, 3.8) is 0 Å². The molecule has 3 aliphatic heterocycles. The number of ether oxygens (including phenoxy) is 5. The van der Waals surface area contributed by atoms with Crippen molar-refractivity contribution in [3.05, 3.63) is 47.5 Å². The second kappa shape index (κ2) is 8.20. The number of nitrogens with zero attached hydrogens (tertiary/aromatic N) is 1. The van der Waals surface area contributed by atoms with Crippen LogP contribution in [0.3, 0.4) is 0 Å². The molecule has 170 valence electrons. The second-order valence-corrected chi connectivity index (χ2v) is 8.57. The number of hydrogen-bond donors (Lipinski definition) is 0. The van der Waals surface area contributed by atoms with Crippen LogP contribution in [0.1, 0.15) is 43.7 Å². The van der Waals surface area contributed by atoms with Crippen LogP contribution in [-0.4, -0.2) is 50.2 Å². The average Bonchev–Trinajstić information content (AvgIpc) is 3.49. The molecule has 3 atom stereocenters. The molecule has 1 fully saturated rings. The van der Waals surface area contributed by atoms with E-state index in [-0.39, 0.29) is 18.7 Å². The number of fused-ring (bicyclic) bond motifs is 2. The van der Waals surface area contributed by atoms with Crippen LogP contribution in [0.5, 0.6) is 23.0 Å². The summed E-state index contributed by atoms with van der Waals surface area (Å²) in [5.74, 6) is 1.72. The summed E-state index contributed by atoms with van der Waals surface area (Å²) < 4.78 is 28.9. The van der Waals surface area contributed by atoms with Gasteiger partial charge in [-0.3, -0.25) is 9.69 Å². The molecular formula is C25H29NO6. The maximum absolute atomic E-state index is 13.5. The Kier molecular flexibility index (Phi) is 5.37. The van der Waals surface area contributed by atoms with Crippen LogP contribution in [0.25, 0.3) is 0 Å². The minimum absolute atomic E-state index is 0.177. The van der Waals surface area contributed by atoms with Gasteiger partial charge in [0.05, 0.1) is 13.7 Å². The quantitative estimate of drug-likeness (QED) is 0.654. The third-order valence-electron chi connectivity index (χ3n) is 6.82. The van der Waals surface area contributed by atoms with Crippen LogP contribution >= 0.6 is 0 Å². The first-order valence-electron chi connectivity index (χ1n) is 11.2. The Bertz CT molecular complexity index is 1000. The van der Waals surface area contributed by atoms with Gasteiger partial charge in [0.25, 0.3) is 0 Å². The second-order valence-electron chi connectivity index (χ2n) is 8.57. The van der Waals surface area contributed by atoms with E-state index in [1.807, 2.05) is 50.2 Å². The van der Waals surface area contributed by atoms with Gasteiger partial charge in [0, 0.05) is 30.6 Å². The van der Waals surface area contributed by atoms with Crippen molar-refractivity contribution in [1.29, 1.82) is 0 Å². The Hall–Kier alpha value is -2.93. The molecule has 3 unspecified atom stereocenters. The highest BCUT2D eigenvalue weighted by Gasteiger charge is 2.56. The van der Waals surface area contributed by atoms with Crippen molar-refractivity contribution in [1.82, 2.24) is 4.90 Å². The third-order valence-corrected chi connectivity index (χ3v) is 6.82. The van der Waals surface area contributed by atoms with Crippen molar-refractivity contribution in [3.8, 4) is 23.0 Å². The zero-order valence-corrected chi connectivity index (χ0v) is 18.8. The van der Waals surface area contributed by atoms with Gasteiger partial charge >= 0.3 is 5.97 Å². The molecule has 1 saturated heterocycles. The van der Waals surface area contributed by atoms with Gasteiger partial charge in [-0.25, -0.2) is 0 Å². The lowest BCUT2D eigenvalue weighted by Crippen LogP contribution is -2.61. The predicted molar refractivity (Wildman–Crippen MR) is 117 cm³/mol. The summed E-state index contributed by atoms with van der Waals surface area (Å²) in [6, 6.07) is 11.7. The van der Waals surface area contributed by atoms with E-state index < -0.39 is 11.6 Å². The van der Waals surface area contributed by atoms with E-state index in [0.29, 0.717) is 23.9 Å². The van der Waals surface area contributed by atoms with Crippen LogP contribution in [0.4, 0.5) is 0 Å². The summed E-state index contributed by atoms with van der Waals surface area (Å²) in [6.07, 6.45) is 2.16. The fraction of sp³-hybridized carbons (Fsp3) is 0.480. The molecule has 0 amide bonds. The number of hydrogen-bond acceptors (Lipinski definition) is 7. The summed E-state index contributed by atoms with van der Waals surface area (Å²) in [5.41, 5.74) is 1.04. The van der Waals surface area contributed by atoms with Crippen LogP contribution < -0.4 is 18.9 Å². The molecule has 3 aliphatic rings. The molecule has 0 aliphatic carbocycles. The molecule has 32 heavy (non-hydrogen) atoms. The van der Waals surface area contributed by atoms with Crippen molar-refractivity contribution in [2.24, 2.45) is 5.92 Å². The number of rotatable bonds is 5. The summed E-state index contributed by atoms with van der Waals surface area (Å²) in [6.45, 7) is 6.10. The van der Waals surface area contributed by atoms with E-state index >= 15 is 0 Å². The number of methoxy groups -OCH3 is 1. The van der Waals surface area contributed by atoms with Crippen molar-refractivity contribution < 1.29 is 28.5 Å². The Morgan fingerprint density at radius 2 is 1.78 bits per heavy atom. The zero-order chi connectivity index (χ0) is 22.3. The van der Waals surface area contributed by atoms with Gasteiger partial charge < -0.3 is 23.7 Å². The molecule has 0 radical (unpaired) electrons.